The topological polar surface area (TPSA) is 104 Å². The summed E-state index contributed by atoms with van der Waals surface area (Å²) in [6.07, 6.45) is -2.10. The first-order chi connectivity index (χ1) is 18.9. The van der Waals surface area contributed by atoms with Gasteiger partial charge in [-0.1, -0.05) is 6.58 Å². The molecule has 3 rings (SSSR count). The van der Waals surface area contributed by atoms with Crippen molar-refractivity contribution in [2.75, 3.05) is 69.3 Å². The highest BCUT2D eigenvalue weighted by atomic mass is 19.4. The van der Waals surface area contributed by atoms with E-state index in [1.54, 1.807) is 12.1 Å². The van der Waals surface area contributed by atoms with Crippen LogP contribution in [0, 0.1) is 0 Å². The van der Waals surface area contributed by atoms with E-state index in [1.807, 2.05) is 30.9 Å². The van der Waals surface area contributed by atoms with Gasteiger partial charge in [0, 0.05) is 32.3 Å². The highest BCUT2D eigenvalue weighted by Crippen LogP contribution is 2.39. The number of nitrogens with zero attached hydrogens (tertiary/aromatic N) is 4. The van der Waals surface area contributed by atoms with Crippen LogP contribution < -0.4 is 30.3 Å². The number of ether oxygens (including phenoxy) is 2. The maximum atomic E-state index is 13.3. The number of aromatic nitrogens is 2. The van der Waals surface area contributed by atoms with E-state index >= 15 is 0 Å². The van der Waals surface area contributed by atoms with E-state index in [0.717, 1.165) is 24.4 Å². The lowest BCUT2D eigenvalue weighted by atomic mass is 10.1. The van der Waals surface area contributed by atoms with Crippen LogP contribution in [0.2, 0.25) is 0 Å². The lowest BCUT2D eigenvalue weighted by Gasteiger charge is -2.26. The quantitative estimate of drug-likeness (QED) is 0.261. The molecule has 0 unspecified atom stereocenters. The zero-order valence-electron chi connectivity index (χ0n) is 22.9. The van der Waals surface area contributed by atoms with Gasteiger partial charge in [0.05, 0.1) is 42.5 Å². The van der Waals surface area contributed by atoms with Crippen LogP contribution >= 0.6 is 0 Å². The van der Waals surface area contributed by atoms with Gasteiger partial charge in [-0.05, 0) is 44.4 Å². The molecule has 0 saturated carbocycles. The van der Waals surface area contributed by atoms with Gasteiger partial charge in [-0.15, -0.1) is 0 Å². The van der Waals surface area contributed by atoms with E-state index < -0.39 is 11.7 Å². The second kappa shape index (κ2) is 13.0. The van der Waals surface area contributed by atoms with Crippen molar-refractivity contribution in [3.8, 4) is 11.5 Å². The lowest BCUT2D eigenvalue weighted by molar-refractivity contribution is -0.137. The van der Waals surface area contributed by atoms with Crippen molar-refractivity contribution >= 4 is 40.3 Å². The van der Waals surface area contributed by atoms with E-state index in [4.69, 9.17) is 9.47 Å². The van der Waals surface area contributed by atoms with Gasteiger partial charge in [-0.2, -0.15) is 13.2 Å². The number of hydrogen-bond acceptors (Lipinski definition) is 9. The van der Waals surface area contributed by atoms with Crippen LogP contribution in [0.3, 0.4) is 0 Å². The van der Waals surface area contributed by atoms with Gasteiger partial charge in [0.2, 0.25) is 5.91 Å². The minimum Gasteiger partial charge on any atom is -0.495 e. The van der Waals surface area contributed by atoms with E-state index in [2.05, 4.69) is 32.5 Å². The first kappa shape index (κ1) is 30.0. The van der Waals surface area contributed by atoms with Crippen molar-refractivity contribution in [3.63, 3.8) is 0 Å². The van der Waals surface area contributed by atoms with Crippen molar-refractivity contribution in [2.45, 2.75) is 6.18 Å². The van der Waals surface area contributed by atoms with Crippen LogP contribution in [0.25, 0.3) is 0 Å². The van der Waals surface area contributed by atoms with Crippen LogP contribution in [0.1, 0.15) is 5.56 Å². The molecule has 0 fully saturated rings. The first-order valence-corrected chi connectivity index (χ1v) is 12.1. The molecule has 1 heterocycles. The third-order valence-corrected chi connectivity index (χ3v) is 5.77. The van der Waals surface area contributed by atoms with Crippen molar-refractivity contribution in [1.82, 2.24) is 14.9 Å². The van der Waals surface area contributed by atoms with Crippen molar-refractivity contribution < 1.29 is 27.4 Å². The fraction of sp³-hybridized carbons (Fsp3) is 0.296. The van der Waals surface area contributed by atoms with Gasteiger partial charge in [-0.25, -0.2) is 9.97 Å². The second-order valence-electron chi connectivity index (χ2n) is 8.94. The average Bonchev–Trinajstić information content (AvgIpc) is 2.91. The molecule has 214 valence electrons. The summed E-state index contributed by atoms with van der Waals surface area (Å²) in [5, 5.41) is 8.81. The Kier molecular flexibility index (Phi) is 9.78. The molecule has 13 heteroatoms. The smallest absolute Gasteiger partial charge is 0.416 e. The number of anilines is 6. The number of rotatable bonds is 12. The Morgan fingerprint density at radius 3 is 2.10 bits per heavy atom. The standard InChI is InChI=1S/C27H32F3N7O3/c1-7-26(38)35-18-13-20(23(40-6)14-21(18)37(4)11-10-36(2)3)34-25-15-24(31-16-32-25)33-19-12-17(27(28,29)30)8-9-22(19)39-5/h7-9,12-16H,1,10-11H2,2-6H3,(H,35,38)(H2,31,32,33,34). The minimum absolute atomic E-state index is 0.0825. The van der Waals surface area contributed by atoms with E-state index in [-0.39, 0.29) is 23.2 Å². The molecule has 0 aliphatic heterocycles. The molecule has 0 radical (unpaired) electrons. The molecule has 3 N–H and O–H groups in total. The molecule has 1 aromatic heterocycles. The van der Waals surface area contributed by atoms with Crippen LogP contribution in [0.5, 0.6) is 11.5 Å². The number of halogens is 3. The number of methoxy groups -OCH3 is 2. The monoisotopic (exact) mass is 559 g/mol. The van der Waals surface area contributed by atoms with Gasteiger partial charge >= 0.3 is 6.18 Å². The number of hydrogen-bond donors (Lipinski definition) is 3. The Labute approximate surface area is 230 Å². The molecule has 1 amide bonds. The minimum atomic E-state index is -4.52. The predicted molar refractivity (Wildman–Crippen MR) is 150 cm³/mol. The summed E-state index contributed by atoms with van der Waals surface area (Å²) in [6, 6.07) is 8.10. The Bertz CT molecular complexity index is 1350. The molecule has 0 aliphatic carbocycles. The van der Waals surface area contributed by atoms with Crippen LogP contribution in [0.4, 0.5) is 47.6 Å². The molecular weight excluding hydrogens is 527 g/mol. The van der Waals surface area contributed by atoms with E-state index in [9.17, 15) is 18.0 Å². The summed E-state index contributed by atoms with van der Waals surface area (Å²) in [5.74, 6) is 0.822. The van der Waals surface area contributed by atoms with Crippen LogP contribution in [-0.2, 0) is 11.0 Å². The summed E-state index contributed by atoms with van der Waals surface area (Å²) >= 11 is 0. The SMILES string of the molecule is C=CC(=O)Nc1cc(Nc2cc(Nc3cc(C(F)(F)F)ccc3OC)ncn2)c(OC)cc1N(C)CCN(C)C. The molecule has 0 saturated heterocycles. The van der Waals surface area contributed by atoms with Crippen molar-refractivity contribution in [1.29, 1.82) is 0 Å². The van der Waals surface area contributed by atoms with Crippen molar-refractivity contribution in [2.24, 2.45) is 0 Å². The normalized spacial score (nSPS) is 11.1. The second-order valence-corrected chi connectivity index (χ2v) is 8.94. The number of alkyl halides is 3. The Balaban J connectivity index is 1.95. The Morgan fingerprint density at radius 1 is 0.925 bits per heavy atom. The molecule has 0 spiro atoms. The molecule has 0 atom stereocenters. The van der Waals surface area contributed by atoms with Crippen LogP contribution in [0.15, 0.2) is 55.4 Å². The van der Waals surface area contributed by atoms with E-state index in [0.29, 0.717) is 29.5 Å². The summed E-state index contributed by atoms with van der Waals surface area (Å²) in [6.45, 7) is 4.98. The van der Waals surface area contributed by atoms with Gasteiger partial charge in [0.25, 0.3) is 0 Å². The third kappa shape index (κ3) is 7.76. The zero-order valence-corrected chi connectivity index (χ0v) is 22.9. The highest BCUT2D eigenvalue weighted by Gasteiger charge is 2.31. The summed E-state index contributed by atoms with van der Waals surface area (Å²) in [7, 11) is 8.71. The number of likely N-dealkylation sites (N-methyl/N-ethyl adjacent to an activating group) is 2. The molecule has 0 bridgehead atoms. The summed E-state index contributed by atoms with van der Waals surface area (Å²) in [4.78, 5) is 24.5. The largest absolute Gasteiger partial charge is 0.495 e. The van der Waals surface area contributed by atoms with Gasteiger partial charge in [0.1, 0.15) is 29.5 Å². The Hall–Kier alpha value is -4.52. The molecule has 10 nitrogen and oxygen atoms in total. The molecular formula is C27H32F3N7O3. The van der Waals surface area contributed by atoms with Crippen LogP contribution in [-0.4, -0.2) is 69.2 Å². The number of amides is 1. The maximum absolute atomic E-state index is 13.3. The third-order valence-electron chi connectivity index (χ3n) is 5.77. The van der Waals surface area contributed by atoms with Gasteiger partial charge < -0.3 is 35.2 Å². The first-order valence-electron chi connectivity index (χ1n) is 12.1. The Morgan fingerprint density at radius 2 is 1.55 bits per heavy atom. The fourth-order valence-corrected chi connectivity index (χ4v) is 3.66. The van der Waals surface area contributed by atoms with Crippen molar-refractivity contribution in [3.05, 3.63) is 60.9 Å². The molecule has 0 aliphatic rings. The average molecular weight is 560 g/mol. The number of carbonyl (C=O) groups is 1. The van der Waals surface area contributed by atoms with Gasteiger partial charge in [0.15, 0.2) is 0 Å². The lowest BCUT2D eigenvalue weighted by Crippen LogP contribution is -2.29. The highest BCUT2D eigenvalue weighted by molar-refractivity contribution is 6.02. The van der Waals surface area contributed by atoms with E-state index in [1.165, 1.54) is 38.8 Å². The molecule has 2 aromatic carbocycles. The molecule has 3 aromatic rings. The number of carbonyl (C=O) groups excluding carboxylic acids is 1. The number of nitrogens with one attached hydrogen (secondary N) is 3. The fourth-order valence-electron chi connectivity index (χ4n) is 3.66. The predicted octanol–water partition coefficient (Wildman–Crippen LogP) is 5.12. The summed E-state index contributed by atoms with van der Waals surface area (Å²) < 4.78 is 50.6. The molecule has 40 heavy (non-hydrogen) atoms. The maximum Gasteiger partial charge on any atom is 0.416 e. The summed E-state index contributed by atoms with van der Waals surface area (Å²) in [5.41, 5.74) is 0.960. The van der Waals surface area contributed by atoms with Gasteiger partial charge in [-0.3, -0.25) is 4.79 Å². The zero-order chi connectivity index (χ0) is 29.4. The number of benzene rings is 2.